The molecule has 1 aromatic heterocycles. The minimum Gasteiger partial charge on any atom is -0.317 e. The van der Waals surface area contributed by atoms with Crippen molar-refractivity contribution < 1.29 is 0 Å². The molecule has 4 heteroatoms. The Balaban J connectivity index is 2.51. The highest BCUT2D eigenvalue weighted by molar-refractivity contribution is 6.31. The average molecular weight is 258 g/mol. The molecular weight excluding hydrogens is 234 g/mol. The Morgan fingerprint density at radius 1 is 1.41 bits per heavy atom. The maximum atomic E-state index is 6.23. The van der Waals surface area contributed by atoms with Crippen LogP contribution < -0.4 is 5.32 Å². The molecule has 98 valence electrons. The number of halogens is 1. The van der Waals surface area contributed by atoms with Gasteiger partial charge in [0.25, 0.3) is 0 Å². The summed E-state index contributed by atoms with van der Waals surface area (Å²) in [5.41, 5.74) is 2.08. The van der Waals surface area contributed by atoms with Gasteiger partial charge in [-0.3, -0.25) is 4.68 Å². The first-order chi connectivity index (χ1) is 7.97. The highest BCUT2D eigenvalue weighted by Crippen LogP contribution is 2.21. The second-order valence-corrected chi connectivity index (χ2v) is 5.38. The number of aromatic nitrogens is 2. The lowest BCUT2D eigenvalue weighted by Crippen LogP contribution is -2.30. The van der Waals surface area contributed by atoms with E-state index in [1.54, 1.807) is 0 Å². The van der Waals surface area contributed by atoms with Gasteiger partial charge in [0.1, 0.15) is 0 Å². The van der Waals surface area contributed by atoms with Crippen molar-refractivity contribution in [2.24, 2.45) is 13.0 Å². The molecule has 0 saturated heterocycles. The van der Waals surface area contributed by atoms with E-state index in [1.165, 1.54) is 6.42 Å². The third-order valence-electron chi connectivity index (χ3n) is 3.37. The number of hydrogen-bond acceptors (Lipinski definition) is 2. The summed E-state index contributed by atoms with van der Waals surface area (Å²) >= 11 is 6.23. The first-order valence-corrected chi connectivity index (χ1v) is 6.70. The summed E-state index contributed by atoms with van der Waals surface area (Å²) in [6.45, 7) is 6.46. The van der Waals surface area contributed by atoms with E-state index in [-0.39, 0.29) is 0 Å². The van der Waals surface area contributed by atoms with Crippen LogP contribution in [0.3, 0.4) is 0 Å². The minimum atomic E-state index is 0.586. The fourth-order valence-corrected chi connectivity index (χ4v) is 2.51. The van der Waals surface area contributed by atoms with Crippen LogP contribution in [0, 0.1) is 12.8 Å². The van der Waals surface area contributed by atoms with Crippen molar-refractivity contribution >= 4 is 11.6 Å². The first-order valence-electron chi connectivity index (χ1n) is 6.32. The van der Waals surface area contributed by atoms with Gasteiger partial charge < -0.3 is 5.32 Å². The molecule has 0 radical (unpaired) electrons. The predicted octanol–water partition coefficient (Wildman–Crippen LogP) is 2.95. The molecular formula is C13H24ClN3. The summed E-state index contributed by atoms with van der Waals surface area (Å²) < 4.78 is 1.90. The van der Waals surface area contributed by atoms with Gasteiger partial charge in [0.15, 0.2) is 0 Å². The molecule has 17 heavy (non-hydrogen) atoms. The van der Waals surface area contributed by atoms with Crippen LogP contribution in [0.25, 0.3) is 0 Å². The standard InChI is InChI=1S/C13H24ClN3/c1-9(2)11(15-4)7-6-8-12-13(14)10(3)16-17(12)5/h9,11,15H,6-8H2,1-5H3. The van der Waals surface area contributed by atoms with Gasteiger partial charge in [0, 0.05) is 13.1 Å². The molecule has 1 rings (SSSR count). The zero-order valence-electron chi connectivity index (χ0n) is 11.5. The zero-order chi connectivity index (χ0) is 13.0. The highest BCUT2D eigenvalue weighted by atomic mass is 35.5. The normalized spacial score (nSPS) is 13.4. The molecule has 0 saturated carbocycles. The lowest BCUT2D eigenvalue weighted by atomic mass is 9.98. The number of hydrogen-bond donors (Lipinski definition) is 1. The monoisotopic (exact) mass is 257 g/mol. The molecule has 1 aromatic rings. The average Bonchev–Trinajstić information content (AvgIpc) is 2.49. The van der Waals surface area contributed by atoms with Crippen molar-refractivity contribution in [2.75, 3.05) is 7.05 Å². The van der Waals surface area contributed by atoms with E-state index in [0.29, 0.717) is 12.0 Å². The number of nitrogens with one attached hydrogen (secondary N) is 1. The molecule has 0 aromatic carbocycles. The fourth-order valence-electron chi connectivity index (χ4n) is 2.25. The SMILES string of the molecule is CNC(CCCc1c(Cl)c(C)nn1C)C(C)C. The lowest BCUT2D eigenvalue weighted by molar-refractivity contribution is 0.392. The predicted molar refractivity (Wildman–Crippen MR) is 73.6 cm³/mol. The van der Waals surface area contributed by atoms with Gasteiger partial charge in [-0.1, -0.05) is 25.4 Å². The van der Waals surface area contributed by atoms with Crippen molar-refractivity contribution in [3.05, 3.63) is 16.4 Å². The first kappa shape index (κ1) is 14.5. The number of nitrogens with zero attached hydrogens (tertiary/aromatic N) is 2. The van der Waals surface area contributed by atoms with E-state index in [2.05, 4.69) is 24.3 Å². The molecule has 1 atom stereocenters. The smallest absolute Gasteiger partial charge is 0.0846 e. The maximum absolute atomic E-state index is 6.23. The molecule has 0 aliphatic heterocycles. The Bertz CT molecular complexity index is 358. The summed E-state index contributed by atoms with van der Waals surface area (Å²) in [6.07, 6.45) is 3.32. The summed E-state index contributed by atoms with van der Waals surface area (Å²) in [6, 6.07) is 0.586. The van der Waals surface area contributed by atoms with E-state index in [4.69, 9.17) is 11.6 Å². The zero-order valence-corrected chi connectivity index (χ0v) is 12.3. The largest absolute Gasteiger partial charge is 0.317 e. The molecule has 3 nitrogen and oxygen atoms in total. The molecule has 1 unspecified atom stereocenters. The maximum Gasteiger partial charge on any atom is 0.0846 e. The summed E-state index contributed by atoms with van der Waals surface area (Å²) in [5.74, 6) is 0.670. The van der Waals surface area contributed by atoms with Crippen molar-refractivity contribution in [1.82, 2.24) is 15.1 Å². The Labute approximate surface area is 110 Å². The Hall–Kier alpha value is -0.540. The van der Waals surface area contributed by atoms with Crippen LogP contribution in [-0.2, 0) is 13.5 Å². The summed E-state index contributed by atoms with van der Waals surface area (Å²) in [7, 11) is 4.00. The lowest BCUT2D eigenvalue weighted by Gasteiger charge is -2.19. The quantitative estimate of drug-likeness (QED) is 0.849. The van der Waals surface area contributed by atoms with Crippen molar-refractivity contribution in [2.45, 2.75) is 46.1 Å². The molecule has 0 aliphatic rings. The van der Waals surface area contributed by atoms with Gasteiger partial charge in [-0.25, -0.2) is 0 Å². The van der Waals surface area contributed by atoms with Gasteiger partial charge in [-0.05, 0) is 39.2 Å². The fraction of sp³-hybridized carbons (Fsp3) is 0.769. The van der Waals surface area contributed by atoms with E-state index in [1.807, 2.05) is 25.7 Å². The molecule has 0 amide bonds. The van der Waals surface area contributed by atoms with Crippen molar-refractivity contribution in [3.8, 4) is 0 Å². The van der Waals surface area contributed by atoms with Gasteiger partial charge in [0.2, 0.25) is 0 Å². The van der Waals surface area contributed by atoms with Crippen LogP contribution in [0.2, 0.25) is 5.02 Å². The molecule has 1 N–H and O–H groups in total. The topological polar surface area (TPSA) is 29.9 Å². The molecule has 0 fully saturated rings. The van der Waals surface area contributed by atoms with Crippen molar-refractivity contribution in [3.63, 3.8) is 0 Å². The van der Waals surface area contributed by atoms with Gasteiger partial charge in [0.05, 0.1) is 16.4 Å². The van der Waals surface area contributed by atoms with Crippen molar-refractivity contribution in [1.29, 1.82) is 0 Å². The summed E-state index contributed by atoms with van der Waals surface area (Å²) in [5, 5.41) is 8.53. The second-order valence-electron chi connectivity index (χ2n) is 5.00. The Morgan fingerprint density at radius 3 is 2.47 bits per heavy atom. The van der Waals surface area contributed by atoms with Gasteiger partial charge >= 0.3 is 0 Å². The third-order valence-corrected chi connectivity index (χ3v) is 3.86. The second kappa shape index (κ2) is 6.41. The van der Waals surface area contributed by atoms with Crippen LogP contribution in [-0.4, -0.2) is 22.9 Å². The molecule has 1 heterocycles. The van der Waals surface area contributed by atoms with Crippen LogP contribution in [0.4, 0.5) is 0 Å². The van der Waals surface area contributed by atoms with E-state index in [9.17, 15) is 0 Å². The Kier molecular flexibility index (Phi) is 5.47. The minimum absolute atomic E-state index is 0.586. The Morgan fingerprint density at radius 2 is 2.06 bits per heavy atom. The van der Waals surface area contributed by atoms with Crippen LogP contribution in [0.1, 0.15) is 38.1 Å². The van der Waals surface area contributed by atoms with Crippen LogP contribution >= 0.6 is 11.6 Å². The van der Waals surface area contributed by atoms with Gasteiger partial charge in [-0.15, -0.1) is 0 Å². The molecule has 0 bridgehead atoms. The molecule has 0 spiro atoms. The van der Waals surface area contributed by atoms with Crippen LogP contribution in [0.5, 0.6) is 0 Å². The molecule has 0 aliphatic carbocycles. The summed E-state index contributed by atoms with van der Waals surface area (Å²) in [4.78, 5) is 0. The third kappa shape index (κ3) is 3.71. The van der Waals surface area contributed by atoms with E-state index < -0.39 is 0 Å². The highest BCUT2D eigenvalue weighted by Gasteiger charge is 2.13. The van der Waals surface area contributed by atoms with Crippen LogP contribution in [0.15, 0.2) is 0 Å². The van der Waals surface area contributed by atoms with E-state index >= 15 is 0 Å². The van der Waals surface area contributed by atoms with E-state index in [0.717, 1.165) is 29.3 Å². The van der Waals surface area contributed by atoms with Gasteiger partial charge in [-0.2, -0.15) is 5.10 Å². The number of rotatable bonds is 6. The number of aryl methyl sites for hydroxylation is 2.